The van der Waals surface area contributed by atoms with E-state index >= 15 is 0 Å². The van der Waals surface area contributed by atoms with Crippen LogP contribution < -0.4 is 4.90 Å². The van der Waals surface area contributed by atoms with Crippen molar-refractivity contribution in [2.45, 2.75) is 25.3 Å². The van der Waals surface area contributed by atoms with Gasteiger partial charge in [0.05, 0.1) is 18.6 Å². The Kier molecular flexibility index (Phi) is 2.59. The van der Waals surface area contributed by atoms with Crippen molar-refractivity contribution in [2.75, 3.05) is 11.9 Å². The first-order chi connectivity index (χ1) is 8.33. The zero-order valence-corrected chi connectivity index (χ0v) is 10.1. The normalized spacial score (nSPS) is 14.9. The van der Waals surface area contributed by atoms with Gasteiger partial charge >= 0.3 is 0 Å². The topological polar surface area (TPSA) is 31.9 Å². The van der Waals surface area contributed by atoms with Gasteiger partial charge in [-0.1, -0.05) is 12.1 Å². The number of anilines is 1. The highest BCUT2D eigenvalue weighted by molar-refractivity contribution is 5.49. The van der Waals surface area contributed by atoms with Gasteiger partial charge in [0.2, 0.25) is 0 Å². The number of hydrogen-bond donors (Lipinski definition) is 1. The molecule has 3 heteroatoms. The van der Waals surface area contributed by atoms with Crippen molar-refractivity contribution in [3.8, 4) is 0 Å². The lowest BCUT2D eigenvalue weighted by atomic mass is 10.1. The molecule has 3 nitrogen and oxygen atoms in total. The van der Waals surface area contributed by atoms with E-state index in [1.165, 1.54) is 24.1 Å². The van der Waals surface area contributed by atoms with Crippen LogP contribution in [-0.4, -0.2) is 17.0 Å². The molecular weight excluding hydrogens is 210 g/mol. The largest absolute Gasteiger partial charge is 0.369 e. The van der Waals surface area contributed by atoms with Crippen LogP contribution >= 0.6 is 0 Å². The fourth-order valence-electron chi connectivity index (χ4n) is 2.15. The van der Waals surface area contributed by atoms with E-state index in [2.05, 4.69) is 46.2 Å². The maximum atomic E-state index is 4.04. The van der Waals surface area contributed by atoms with Crippen LogP contribution in [-0.2, 0) is 6.54 Å². The average Bonchev–Trinajstić information content (AvgIpc) is 3.09. The van der Waals surface area contributed by atoms with Crippen molar-refractivity contribution >= 4 is 5.69 Å². The molecule has 88 valence electrons. The Morgan fingerprint density at radius 1 is 1.41 bits per heavy atom. The van der Waals surface area contributed by atoms with Crippen molar-refractivity contribution in [3.05, 3.63) is 48.0 Å². The van der Waals surface area contributed by atoms with Crippen LogP contribution in [0.1, 0.15) is 30.0 Å². The van der Waals surface area contributed by atoms with E-state index in [1.54, 1.807) is 6.33 Å². The Morgan fingerprint density at radius 2 is 2.29 bits per heavy atom. The zero-order valence-electron chi connectivity index (χ0n) is 10.1. The minimum absolute atomic E-state index is 0.815. The van der Waals surface area contributed by atoms with Crippen molar-refractivity contribution in [1.29, 1.82) is 0 Å². The average molecular weight is 227 g/mol. The van der Waals surface area contributed by atoms with Crippen LogP contribution in [0, 0.1) is 0 Å². The molecule has 1 saturated carbocycles. The van der Waals surface area contributed by atoms with Crippen molar-refractivity contribution < 1.29 is 0 Å². The number of aromatic amines is 1. The summed E-state index contributed by atoms with van der Waals surface area (Å²) in [5.74, 6) is 0.815. The second-order valence-corrected chi connectivity index (χ2v) is 4.80. The molecule has 17 heavy (non-hydrogen) atoms. The molecule has 0 radical (unpaired) electrons. The number of hydrogen-bond acceptors (Lipinski definition) is 2. The number of rotatable bonds is 4. The van der Waals surface area contributed by atoms with E-state index in [0.29, 0.717) is 0 Å². The van der Waals surface area contributed by atoms with Gasteiger partial charge in [0.1, 0.15) is 0 Å². The third-order valence-corrected chi connectivity index (χ3v) is 3.32. The molecule has 2 aromatic rings. The van der Waals surface area contributed by atoms with Gasteiger partial charge in [0, 0.05) is 18.9 Å². The highest BCUT2D eigenvalue weighted by Crippen LogP contribution is 2.40. The molecule has 0 amide bonds. The van der Waals surface area contributed by atoms with Gasteiger partial charge in [-0.25, -0.2) is 4.98 Å². The summed E-state index contributed by atoms with van der Waals surface area (Å²) in [6.07, 6.45) is 6.31. The Labute approximate surface area is 101 Å². The summed E-state index contributed by atoms with van der Waals surface area (Å²) in [6, 6.07) is 8.88. The van der Waals surface area contributed by atoms with Crippen LogP contribution in [0.15, 0.2) is 36.8 Å². The van der Waals surface area contributed by atoms with Crippen LogP contribution in [0.3, 0.4) is 0 Å². The van der Waals surface area contributed by atoms with Crippen LogP contribution in [0.2, 0.25) is 0 Å². The first-order valence-electron chi connectivity index (χ1n) is 6.11. The lowest BCUT2D eigenvalue weighted by Gasteiger charge is -2.19. The number of nitrogens with zero attached hydrogens (tertiary/aromatic N) is 2. The molecule has 3 rings (SSSR count). The third kappa shape index (κ3) is 2.33. The number of aromatic nitrogens is 2. The van der Waals surface area contributed by atoms with Gasteiger partial charge in [-0.3, -0.25) is 0 Å². The maximum Gasteiger partial charge on any atom is 0.0922 e. The summed E-state index contributed by atoms with van der Waals surface area (Å²) in [6.45, 7) is 0.869. The Balaban J connectivity index is 1.76. The van der Waals surface area contributed by atoms with E-state index in [-0.39, 0.29) is 0 Å². The smallest absolute Gasteiger partial charge is 0.0922 e. The van der Waals surface area contributed by atoms with Crippen molar-refractivity contribution in [3.63, 3.8) is 0 Å². The summed E-state index contributed by atoms with van der Waals surface area (Å²) in [5, 5.41) is 0. The molecule has 0 spiro atoms. The van der Waals surface area contributed by atoms with E-state index in [9.17, 15) is 0 Å². The van der Waals surface area contributed by atoms with E-state index in [0.717, 1.165) is 18.2 Å². The fraction of sp³-hybridized carbons (Fsp3) is 0.357. The Hall–Kier alpha value is -1.77. The number of benzene rings is 1. The maximum absolute atomic E-state index is 4.04. The second-order valence-electron chi connectivity index (χ2n) is 4.80. The van der Waals surface area contributed by atoms with E-state index < -0.39 is 0 Å². The monoisotopic (exact) mass is 227 g/mol. The minimum atomic E-state index is 0.815. The molecule has 1 aliphatic carbocycles. The molecule has 1 aliphatic rings. The van der Waals surface area contributed by atoms with Crippen molar-refractivity contribution in [2.24, 2.45) is 0 Å². The molecule has 0 bridgehead atoms. The summed E-state index contributed by atoms with van der Waals surface area (Å²) < 4.78 is 0. The first kappa shape index (κ1) is 10.4. The standard InChI is InChI=1S/C14H17N3/c1-17(9-13-8-15-10-16-13)14-4-2-3-12(7-14)11-5-6-11/h2-4,7-8,10-11H,5-6,9H2,1H3,(H,15,16). The molecule has 1 aromatic carbocycles. The Morgan fingerprint density at radius 3 is 3.00 bits per heavy atom. The number of nitrogens with one attached hydrogen (secondary N) is 1. The molecular formula is C14H17N3. The van der Waals surface area contributed by atoms with Crippen LogP contribution in [0.25, 0.3) is 0 Å². The first-order valence-corrected chi connectivity index (χ1v) is 6.11. The minimum Gasteiger partial charge on any atom is -0.369 e. The lowest BCUT2D eigenvalue weighted by molar-refractivity contribution is 0.892. The molecule has 1 N–H and O–H groups in total. The molecule has 1 aromatic heterocycles. The van der Waals surface area contributed by atoms with Gasteiger partial charge in [0.15, 0.2) is 0 Å². The summed E-state index contributed by atoms with van der Waals surface area (Å²) >= 11 is 0. The highest BCUT2D eigenvalue weighted by atomic mass is 15.1. The van der Waals surface area contributed by atoms with Crippen LogP contribution in [0.4, 0.5) is 5.69 Å². The van der Waals surface area contributed by atoms with Crippen molar-refractivity contribution in [1.82, 2.24) is 9.97 Å². The molecule has 0 saturated heterocycles. The zero-order chi connectivity index (χ0) is 11.7. The second kappa shape index (κ2) is 4.24. The van der Waals surface area contributed by atoms with Gasteiger partial charge in [-0.2, -0.15) is 0 Å². The van der Waals surface area contributed by atoms with Gasteiger partial charge in [-0.05, 0) is 36.5 Å². The Bertz CT molecular complexity index is 486. The predicted octanol–water partition coefficient (Wildman–Crippen LogP) is 2.92. The van der Waals surface area contributed by atoms with E-state index in [4.69, 9.17) is 0 Å². The number of H-pyrrole nitrogens is 1. The van der Waals surface area contributed by atoms with Gasteiger partial charge in [-0.15, -0.1) is 0 Å². The quantitative estimate of drug-likeness (QED) is 0.871. The third-order valence-electron chi connectivity index (χ3n) is 3.32. The molecule has 0 aliphatic heterocycles. The summed E-state index contributed by atoms with van der Waals surface area (Å²) in [7, 11) is 2.12. The van der Waals surface area contributed by atoms with Gasteiger partial charge in [0.25, 0.3) is 0 Å². The number of imidazole rings is 1. The lowest BCUT2D eigenvalue weighted by Crippen LogP contribution is -2.16. The van der Waals surface area contributed by atoms with Gasteiger partial charge < -0.3 is 9.88 Å². The van der Waals surface area contributed by atoms with E-state index in [1.807, 2.05) is 6.20 Å². The highest BCUT2D eigenvalue weighted by Gasteiger charge is 2.23. The fourth-order valence-corrected chi connectivity index (χ4v) is 2.15. The molecule has 0 unspecified atom stereocenters. The molecule has 1 fully saturated rings. The summed E-state index contributed by atoms with van der Waals surface area (Å²) in [5.41, 5.74) is 3.91. The SMILES string of the molecule is CN(Cc1cnc[nH]1)c1cccc(C2CC2)c1. The van der Waals surface area contributed by atoms with Crippen LogP contribution in [0.5, 0.6) is 0 Å². The molecule has 0 atom stereocenters. The summed E-state index contributed by atoms with van der Waals surface area (Å²) in [4.78, 5) is 9.43. The predicted molar refractivity (Wildman–Crippen MR) is 69.1 cm³/mol. The molecule has 1 heterocycles.